The van der Waals surface area contributed by atoms with Crippen LogP contribution in [-0.2, 0) is 12.8 Å². The summed E-state index contributed by atoms with van der Waals surface area (Å²) in [5.74, 6) is -2.05. The molecule has 1 heterocycles. The maximum absolute atomic E-state index is 12.5. The van der Waals surface area contributed by atoms with Crippen LogP contribution in [0.4, 0.5) is 26.3 Å². The first-order chi connectivity index (χ1) is 8.58. The second kappa shape index (κ2) is 5.11. The number of pyridine rings is 1. The lowest BCUT2D eigenvalue weighted by molar-refractivity contribution is -0.275. The number of hydrogen-bond donors (Lipinski definition) is 1. The molecule has 1 rings (SSSR count). The van der Waals surface area contributed by atoms with Gasteiger partial charge in [0.05, 0.1) is 13.7 Å². The first kappa shape index (κ1) is 15.3. The van der Waals surface area contributed by atoms with Crippen molar-refractivity contribution in [3.8, 4) is 11.6 Å². The normalized spacial score (nSPS) is 12.4. The topological polar surface area (TPSA) is 51.6 Å². The maximum Gasteiger partial charge on any atom is 0.573 e. The Hall–Kier alpha value is -1.71. The second-order valence-corrected chi connectivity index (χ2v) is 3.21. The summed E-state index contributed by atoms with van der Waals surface area (Å²) in [7, 11) is 0.838. The zero-order chi connectivity index (χ0) is 14.8. The maximum atomic E-state index is 12.5. The van der Waals surface area contributed by atoms with Crippen molar-refractivity contribution in [1.82, 2.24) is 4.98 Å². The quantitative estimate of drug-likeness (QED) is 0.869. The molecule has 0 amide bonds. The van der Waals surface area contributed by atoms with Crippen molar-refractivity contribution in [3.05, 3.63) is 17.3 Å². The van der Waals surface area contributed by atoms with Crippen molar-refractivity contribution in [2.24, 2.45) is 0 Å². The van der Waals surface area contributed by atoms with Crippen molar-refractivity contribution in [1.29, 1.82) is 0 Å². The van der Waals surface area contributed by atoms with E-state index in [0.717, 1.165) is 7.11 Å². The van der Waals surface area contributed by atoms with Crippen molar-refractivity contribution >= 4 is 0 Å². The molecule has 0 unspecified atom stereocenters. The SMILES string of the molecule is COc1nc(C(F)(F)F)c(CO)cc1OC(F)(F)F. The predicted molar refractivity (Wildman–Crippen MR) is 48.4 cm³/mol. The summed E-state index contributed by atoms with van der Waals surface area (Å²) in [6.07, 6.45) is -10.1. The van der Waals surface area contributed by atoms with E-state index in [1.54, 1.807) is 0 Å². The molecule has 0 saturated heterocycles. The molecule has 19 heavy (non-hydrogen) atoms. The molecule has 0 bridgehead atoms. The number of halogens is 6. The molecule has 0 aromatic carbocycles. The van der Waals surface area contributed by atoms with Gasteiger partial charge >= 0.3 is 12.5 Å². The van der Waals surface area contributed by atoms with Gasteiger partial charge < -0.3 is 14.6 Å². The Morgan fingerprint density at radius 1 is 1.21 bits per heavy atom. The summed E-state index contributed by atoms with van der Waals surface area (Å²) in [6, 6.07) is 0.377. The number of aliphatic hydroxyl groups excluding tert-OH is 1. The zero-order valence-electron chi connectivity index (χ0n) is 9.26. The minimum absolute atomic E-state index is 0.377. The van der Waals surface area contributed by atoms with Crippen molar-refractivity contribution in [2.45, 2.75) is 19.1 Å². The average molecular weight is 291 g/mol. The van der Waals surface area contributed by atoms with Gasteiger partial charge in [-0.05, 0) is 6.07 Å². The molecule has 108 valence electrons. The summed E-state index contributed by atoms with van der Waals surface area (Å²) < 4.78 is 81.5. The van der Waals surface area contributed by atoms with Gasteiger partial charge in [0.2, 0.25) is 0 Å². The van der Waals surface area contributed by atoms with Gasteiger partial charge in [0, 0.05) is 5.56 Å². The van der Waals surface area contributed by atoms with E-state index < -0.39 is 42.0 Å². The fourth-order valence-electron chi connectivity index (χ4n) is 1.23. The van der Waals surface area contributed by atoms with E-state index in [9.17, 15) is 26.3 Å². The van der Waals surface area contributed by atoms with Gasteiger partial charge in [-0.3, -0.25) is 0 Å². The van der Waals surface area contributed by atoms with Crippen molar-refractivity contribution in [3.63, 3.8) is 0 Å². The first-order valence-electron chi connectivity index (χ1n) is 4.60. The number of nitrogens with zero attached hydrogens (tertiary/aromatic N) is 1. The molecule has 1 aromatic heterocycles. The number of alkyl halides is 6. The van der Waals surface area contributed by atoms with Crippen LogP contribution in [0.25, 0.3) is 0 Å². The number of hydrogen-bond acceptors (Lipinski definition) is 4. The molecule has 0 saturated carbocycles. The molecular formula is C9H7F6NO3. The Morgan fingerprint density at radius 3 is 2.16 bits per heavy atom. The fraction of sp³-hybridized carbons (Fsp3) is 0.444. The smallest absolute Gasteiger partial charge is 0.478 e. The lowest BCUT2D eigenvalue weighted by atomic mass is 10.2. The molecule has 1 N–H and O–H groups in total. The van der Waals surface area contributed by atoms with Gasteiger partial charge in [-0.25, -0.2) is 4.98 Å². The second-order valence-electron chi connectivity index (χ2n) is 3.21. The van der Waals surface area contributed by atoms with E-state index in [4.69, 9.17) is 5.11 Å². The van der Waals surface area contributed by atoms with Gasteiger partial charge in [0.1, 0.15) is 0 Å². The first-order valence-corrected chi connectivity index (χ1v) is 4.60. The highest BCUT2D eigenvalue weighted by Gasteiger charge is 2.39. The van der Waals surface area contributed by atoms with Gasteiger partial charge in [0.25, 0.3) is 5.88 Å². The molecule has 0 atom stereocenters. The van der Waals surface area contributed by atoms with Crippen LogP contribution < -0.4 is 9.47 Å². The summed E-state index contributed by atoms with van der Waals surface area (Å²) >= 11 is 0. The van der Waals surface area contributed by atoms with Crippen molar-refractivity contribution < 1.29 is 40.9 Å². The third kappa shape index (κ3) is 3.88. The Bertz CT molecular complexity index is 456. The van der Waals surface area contributed by atoms with E-state index in [2.05, 4.69) is 14.5 Å². The van der Waals surface area contributed by atoms with Crippen LogP contribution in [-0.4, -0.2) is 23.6 Å². The van der Waals surface area contributed by atoms with Crippen molar-refractivity contribution in [2.75, 3.05) is 7.11 Å². The van der Waals surface area contributed by atoms with E-state index in [-0.39, 0.29) is 0 Å². The Balaban J connectivity index is 3.36. The molecule has 0 spiro atoms. The van der Waals surface area contributed by atoms with E-state index in [1.807, 2.05) is 0 Å². The summed E-state index contributed by atoms with van der Waals surface area (Å²) in [5.41, 5.74) is -2.39. The van der Waals surface area contributed by atoms with Crippen LogP contribution in [0.3, 0.4) is 0 Å². The predicted octanol–water partition coefficient (Wildman–Crippen LogP) is 2.50. The molecular weight excluding hydrogens is 284 g/mol. The number of ether oxygens (including phenoxy) is 2. The van der Waals surface area contributed by atoms with Crippen LogP contribution in [0, 0.1) is 0 Å². The van der Waals surface area contributed by atoms with Crippen LogP contribution in [0.1, 0.15) is 11.3 Å². The summed E-state index contributed by atoms with van der Waals surface area (Å²) in [4.78, 5) is 2.89. The molecule has 0 fully saturated rings. The zero-order valence-corrected chi connectivity index (χ0v) is 9.26. The van der Waals surface area contributed by atoms with Gasteiger partial charge in [-0.15, -0.1) is 13.2 Å². The average Bonchev–Trinajstić information content (AvgIpc) is 2.24. The minimum atomic E-state index is -5.12. The molecule has 0 radical (unpaired) electrons. The highest BCUT2D eigenvalue weighted by Crippen LogP contribution is 2.38. The number of aromatic nitrogens is 1. The lowest BCUT2D eigenvalue weighted by Crippen LogP contribution is -2.20. The van der Waals surface area contributed by atoms with E-state index in [1.165, 1.54) is 0 Å². The Kier molecular flexibility index (Phi) is 4.13. The van der Waals surface area contributed by atoms with Gasteiger partial charge in [0.15, 0.2) is 11.4 Å². The molecule has 1 aromatic rings. The Morgan fingerprint density at radius 2 is 1.79 bits per heavy atom. The highest BCUT2D eigenvalue weighted by molar-refractivity contribution is 5.40. The number of rotatable bonds is 3. The van der Waals surface area contributed by atoms with Crippen LogP contribution in [0.5, 0.6) is 11.6 Å². The third-order valence-electron chi connectivity index (χ3n) is 1.89. The van der Waals surface area contributed by atoms with Crippen LogP contribution in [0.15, 0.2) is 6.07 Å². The van der Waals surface area contributed by atoms with Crippen LogP contribution in [0.2, 0.25) is 0 Å². The van der Waals surface area contributed by atoms with Crippen LogP contribution >= 0.6 is 0 Å². The lowest BCUT2D eigenvalue weighted by Gasteiger charge is -2.16. The number of methoxy groups -OCH3 is 1. The van der Waals surface area contributed by atoms with Gasteiger partial charge in [-0.2, -0.15) is 13.2 Å². The molecule has 0 aliphatic heterocycles. The minimum Gasteiger partial charge on any atom is -0.478 e. The monoisotopic (exact) mass is 291 g/mol. The molecule has 0 aliphatic rings. The molecule has 0 aliphatic carbocycles. The summed E-state index contributed by atoms with van der Waals surface area (Å²) in [6.45, 7) is -1.15. The fourth-order valence-corrected chi connectivity index (χ4v) is 1.23. The Labute approximate surface area is 102 Å². The molecule has 10 heteroatoms. The largest absolute Gasteiger partial charge is 0.573 e. The molecule has 4 nitrogen and oxygen atoms in total. The summed E-state index contributed by atoms with van der Waals surface area (Å²) in [5, 5.41) is 8.75. The highest BCUT2D eigenvalue weighted by atomic mass is 19.4. The number of aliphatic hydroxyl groups is 1. The third-order valence-corrected chi connectivity index (χ3v) is 1.89. The van der Waals surface area contributed by atoms with E-state index in [0.29, 0.717) is 6.07 Å². The van der Waals surface area contributed by atoms with Gasteiger partial charge in [-0.1, -0.05) is 0 Å². The standard InChI is InChI=1S/C9H7F6NO3/c1-18-7-5(19-9(13,14)15)2-4(3-17)6(16-7)8(10,11)12/h2,17H,3H2,1H3. The van der Waals surface area contributed by atoms with E-state index >= 15 is 0 Å².